The third-order valence-electron chi connectivity index (χ3n) is 1.33. The van der Waals surface area contributed by atoms with Crippen LogP contribution in [0.15, 0.2) is 48.4 Å². The van der Waals surface area contributed by atoms with Crippen LogP contribution in [-0.2, 0) is 0 Å². The molecule has 0 spiro atoms. The summed E-state index contributed by atoms with van der Waals surface area (Å²) >= 11 is 0. The van der Waals surface area contributed by atoms with E-state index in [9.17, 15) is 4.39 Å². The molecule has 0 saturated heterocycles. The molecular formula is C10H12FN. The standard InChI is InChI=1S/C10H12FN/c1-4-9(8(3)7-12)6-10(11)5-2/h4-7,12H,1,3H2,2H3/b9-6+,10-5+,12-7?. The van der Waals surface area contributed by atoms with Gasteiger partial charge in [-0.1, -0.05) is 25.3 Å². The fraction of sp³-hybridized carbons (Fsp3) is 0.100. The first-order valence-electron chi connectivity index (χ1n) is 3.51. The summed E-state index contributed by atoms with van der Waals surface area (Å²) in [6, 6.07) is 0. The molecule has 0 aliphatic heterocycles. The number of halogens is 1. The summed E-state index contributed by atoms with van der Waals surface area (Å²) < 4.78 is 12.7. The minimum absolute atomic E-state index is 0.354. The smallest absolute Gasteiger partial charge is 0.119 e. The minimum atomic E-state index is -0.354. The third-order valence-corrected chi connectivity index (χ3v) is 1.33. The summed E-state index contributed by atoms with van der Waals surface area (Å²) in [5.74, 6) is -0.354. The lowest BCUT2D eigenvalue weighted by Gasteiger charge is -1.97. The van der Waals surface area contributed by atoms with E-state index in [1.54, 1.807) is 6.92 Å². The van der Waals surface area contributed by atoms with Gasteiger partial charge in [-0.2, -0.15) is 0 Å². The molecule has 0 radical (unpaired) electrons. The zero-order valence-corrected chi connectivity index (χ0v) is 7.10. The maximum atomic E-state index is 12.7. The lowest BCUT2D eigenvalue weighted by Crippen LogP contribution is -1.85. The fourth-order valence-electron chi connectivity index (χ4n) is 0.598. The summed E-state index contributed by atoms with van der Waals surface area (Å²) in [7, 11) is 0. The van der Waals surface area contributed by atoms with Crippen molar-refractivity contribution in [2.24, 2.45) is 0 Å². The quantitative estimate of drug-likeness (QED) is 0.488. The molecule has 0 heterocycles. The van der Waals surface area contributed by atoms with Crippen LogP contribution in [0, 0.1) is 5.41 Å². The first-order chi connectivity index (χ1) is 5.65. The van der Waals surface area contributed by atoms with Gasteiger partial charge in [0.05, 0.1) is 0 Å². The summed E-state index contributed by atoms with van der Waals surface area (Å²) in [6.07, 6.45) is 5.16. The van der Waals surface area contributed by atoms with Gasteiger partial charge in [-0.3, -0.25) is 0 Å². The number of hydrogen-bond donors (Lipinski definition) is 1. The van der Waals surface area contributed by atoms with E-state index in [0.717, 1.165) is 6.21 Å². The van der Waals surface area contributed by atoms with Crippen molar-refractivity contribution >= 4 is 6.21 Å². The average Bonchev–Trinajstić information content (AvgIpc) is 2.12. The Kier molecular flexibility index (Phi) is 4.61. The van der Waals surface area contributed by atoms with Crippen LogP contribution in [0.5, 0.6) is 0 Å². The topological polar surface area (TPSA) is 23.9 Å². The van der Waals surface area contributed by atoms with E-state index in [-0.39, 0.29) is 5.83 Å². The monoisotopic (exact) mass is 165 g/mol. The molecule has 0 atom stereocenters. The first-order valence-corrected chi connectivity index (χ1v) is 3.51. The molecule has 0 saturated carbocycles. The van der Waals surface area contributed by atoms with Crippen molar-refractivity contribution in [3.63, 3.8) is 0 Å². The molecule has 64 valence electrons. The number of nitrogens with one attached hydrogen (secondary N) is 1. The van der Waals surface area contributed by atoms with Crippen LogP contribution in [0.3, 0.4) is 0 Å². The largest absolute Gasteiger partial charge is 0.308 e. The first kappa shape index (κ1) is 10.6. The van der Waals surface area contributed by atoms with Gasteiger partial charge >= 0.3 is 0 Å². The molecule has 0 aliphatic rings. The SMILES string of the molecule is C=C/C(=C\C(F)=C/C)C(=C)C=N. The van der Waals surface area contributed by atoms with Crippen molar-refractivity contribution in [2.45, 2.75) is 6.92 Å². The van der Waals surface area contributed by atoms with Crippen molar-refractivity contribution in [3.8, 4) is 0 Å². The van der Waals surface area contributed by atoms with Gasteiger partial charge in [0.2, 0.25) is 0 Å². The molecule has 1 nitrogen and oxygen atoms in total. The molecule has 0 aromatic rings. The lowest BCUT2D eigenvalue weighted by molar-refractivity contribution is 0.664. The van der Waals surface area contributed by atoms with Crippen molar-refractivity contribution in [3.05, 3.63) is 48.4 Å². The van der Waals surface area contributed by atoms with E-state index in [0.29, 0.717) is 11.1 Å². The molecule has 0 fully saturated rings. The van der Waals surface area contributed by atoms with Crippen molar-refractivity contribution in [1.29, 1.82) is 5.41 Å². The Hall–Kier alpha value is -1.44. The van der Waals surface area contributed by atoms with E-state index < -0.39 is 0 Å². The van der Waals surface area contributed by atoms with E-state index >= 15 is 0 Å². The summed E-state index contributed by atoms with van der Waals surface area (Å²) in [5.41, 5.74) is 0.975. The molecule has 0 unspecified atom stereocenters. The maximum Gasteiger partial charge on any atom is 0.119 e. The third kappa shape index (κ3) is 3.10. The molecule has 2 heteroatoms. The Morgan fingerprint density at radius 3 is 2.42 bits per heavy atom. The molecular weight excluding hydrogens is 153 g/mol. The second-order valence-corrected chi connectivity index (χ2v) is 2.15. The maximum absolute atomic E-state index is 12.7. The fourth-order valence-corrected chi connectivity index (χ4v) is 0.598. The highest BCUT2D eigenvalue weighted by atomic mass is 19.1. The highest BCUT2D eigenvalue weighted by Gasteiger charge is 1.95. The van der Waals surface area contributed by atoms with Crippen molar-refractivity contribution < 1.29 is 4.39 Å². The van der Waals surface area contributed by atoms with Crippen LogP contribution < -0.4 is 0 Å². The molecule has 0 amide bonds. The van der Waals surface area contributed by atoms with Crippen LogP contribution in [0.4, 0.5) is 4.39 Å². The zero-order valence-electron chi connectivity index (χ0n) is 7.10. The highest BCUT2D eigenvalue weighted by Crippen LogP contribution is 2.11. The van der Waals surface area contributed by atoms with Gasteiger partial charge in [0.1, 0.15) is 5.83 Å². The van der Waals surface area contributed by atoms with Gasteiger partial charge in [0.15, 0.2) is 0 Å². The summed E-state index contributed by atoms with van der Waals surface area (Å²) in [4.78, 5) is 0. The molecule has 12 heavy (non-hydrogen) atoms. The summed E-state index contributed by atoms with van der Waals surface area (Å²) in [6.45, 7) is 8.64. The second kappa shape index (κ2) is 5.24. The normalized spacial score (nSPS) is 12.5. The molecule has 0 aromatic heterocycles. The van der Waals surface area contributed by atoms with E-state index in [4.69, 9.17) is 5.41 Å². The highest BCUT2D eigenvalue weighted by molar-refractivity contribution is 5.82. The van der Waals surface area contributed by atoms with Gasteiger partial charge in [-0.25, -0.2) is 4.39 Å². The Balaban J connectivity index is 4.77. The number of hydrogen-bond acceptors (Lipinski definition) is 1. The van der Waals surface area contributed by atoms with E-state index in [1.165, 1.54) is 18.2 Å². The Morgan fingerprint density at radius 2 is 2.08 bits per heavy atom. The Morgan fingerprint density at radius 1 is 1.50 bits per heavy atom. The van der Waals surface area contributed by atoms with Gasteiger partial charge < -0.3 is 5.41 Å². The van der Waals surface area contributed by atoms with E-state index in [1.807, 2.05) is 0 Å². The molecule has 0 rings (SSSR count). The van der Waals surface area contributed by atoms with Gasteiger partial charge in [0.25, 0.3) is 0 Å². The predicted octanol–water partition coefficient (Wildman–Crippen LogP) is 3.18. The molecule has 0 aliphatic carbocycles. The second-order valence-electron chi connectivity index (χ2n) is 2.15. The Bertz CT molecular complexity index is 259. The van der Waals surface area contributed by atoms with Crippen LogP contribution in [0.1, 0.15) is 6.92 Å². The van der Waals surface area contributed by atoms with Crippen LogP contribution in [0.25, 0.3) is 0 Å². The van der Waals surface area contributed by atoms with Crippen LogP contribution in [0.2, 0.25) is 0 Å². The number of allylic oxidation sites excluding steroid dienone is 6. The lowest BCUT2D eigenvalue weighted by atomic mass is 10.1. The molecule has 1 N–H and O–H groups in total. The Labute approximate surface area is 72.1 Å². The predicted molar refractivity (Wildman–Crippen MR) is 51.1 cm³/mol. The number of rotatable bonds is 4. The zero-order chi connectivity index (χ0) is 9.56. The summed E-state index contributed by atoms with van der Waals surface area (Å²) in [5, 5.41) is 6.89. The van der Waals surface area contributed by atoms with Gasteiger partial charge in [0, 0.05) is 6.21 Å². The molecule has 0 bridgehead atoms. The van der Waals surface area contributed by atoms with Crippen molar-refractivity contribution in [2.75, 3.05) is 0 Å². The molecule has 0 aromatic carbocycles. The minimum Gasteiger partial charge on any atom is -0.308 e. The van der Waals surface area contributed by atoms with E-state index in [2.05, 4.69) is 13.2 Å². The van der Waals surface area contributed by atoms with Crippen LogP contribution >= 0.6 is 0 Å². The average molecular weight is 165 g/mol. The van der Waals surface area contributed by atoms with Gasteiger partial charge in [-0.05, 0) is 24.1 Å². The van der Waals surface area contributed by atoms with Crippen molar-refractivity contribution in [1.82, 2.24) is 0 Å². The van der Waals surface area contributed by atoms with Crippen LogP contribution in [-0.4, -0.2) is 6.21 Å². The van der Waals surface area contributed by atoms with Gasteiger partial charge in [-0.15, -0.1) is 0 Å².